The first kappa shape index (κ1) is 25.1. The standard InChI is InChI=1S/C20H16F8N2O2/c1-11-3-7-13(8-4-11)29-15(31)17(21,22)19(25,26)20(27,28)18(23,24)16(32)30-14-9-5-12(2)6-10-14/h3-10H,1-2H3,(H,29,31)(H,30,32). The van der Waals surface area contributed by atoms with E-state index in [9.17, 15) is 44.7 Å². The second-order valence-electron chi connectivity index (χ2n) is 6.94. The molecule has 0 saturated carbocycles. The largest absolute Gasteiger partial charge is 0.393 e. The molecule has 174 valence electrons. The maximum absolute atomic E-state index is 14.0. The third kappa shape index (κ3) is 4.39. The summed E-state index contributed by atoms with van der Waals surface area (Å²) < 4.78 is 112. The average Bonchev–Trinajstić information content (AvgIpc) is 2.70. The molecule has 4 nitrogen and oxygen atoms in total. The highest BCUT2D eigenvalue weighted by atomic mass is 19.4. The van der Waals surface area contributed by atoms with Crippen molar-refractivity contribution < 1.29 is 44.7 Å². The van der Waals surface area contributed by atoms with E-state index in [-0.39, 0.29) is 0 Å². The van der Waals surface area contributed by atoms with Gasteiger partial charge < -0.3 is 10.6 Å². The number of benzene rings is 2. The third-order valence-electron chi connectivity index (χ3n) is 4.37. The lowest BCUT2D eigenvalue weighted by Gasteiger charge is -2.35. The minimum Gasteiger partial charge on any atom is -0.321 e. The van der Waals surface area contributed by atoms with Crippen molar-refractivity contribution in [3.05, 3.63) is 59.7 Å². The molecule has 0 aliphatic rings. The molecule has 0 fully saturated rings. The van der Waals surface area contributed by atoms with Gasteiger partial charge in [-0.3, -0.25) is 9.59 Å². The number of aryl methyl sites for hydroxylation is 2. The van der Waals surface area contributed by atoms with Gasteiger partial charge in [0.05, 0.1) is 0 Å². The van der Waals surface area contributed by atoms with Crippen molar-refractivity contribution in [1.29, 1.82) is 0 Å². The lowest BCUT2D eigenvalue weighted by molar-refractivity contribution is -0.345. The molecule has 12 heteroatoms. The first-order valence-electron chi connectivity index (χ1n) is 8.81. The van der Waals surface area contributed by atoms with Crippen molar-refractivity contribution in [3.63, 3.8) is 0 Å². The van der Waals surface area contributed by atoms with Gasteiger partial charge in [0.2, 0.25) is 0 Å². The maximum Gasteiger partial charge on any atom is 0.393 e. The van der Waals surface area contributed by atoms with Crippen LogP contribution in [0.5, 0.6) is 0 Å². The summed E-state index contributed by atoms with van der Waals surface area (Å²) in [5.74, 6) is -32.4. The van der Waals surface area contributed by atoms with Gasteiger partial charge >= 0.3 is 35.5 Å². The van der Waals surface area contributed by atoms with E-state index >= 15 is 0 Å². The fourth-order valence-corrected chi connectivity index (χ4v) is 2.37. The molecule has 0 radical (unpaired) electrons. The summed E-state index contributed by atoms with van der Waals surface area (Å²) in [6.45, 7) is 3.14. The summed E-state index contributed by atoms with van der Waals surface area (Å²) in [6, 6.07) is 9.14. The Morgan fingerprint density at radius 2 is 0.812 bits per heavy atom. The molecule has 0 spiro atoms. The number of amides is 2. The Morgan fingerprint density at radius 1 is 0.562 bits per heavy atom. The van der Waals surface area contributed by atoms with Crippen molar-refractivity contribution in [1.82, 2.24) is 0 Å². The van der Waals surface area contributed by atoms with Crippen LogP contribution in [0, 0.1) is 13.8 Å². The molecule has 0 aromatic heterocycles. The lowest BCUT2D eigenvalue weighted by atomic mass is 9.97. The molecule has 2 aromatic rings. The fourth-order valence-electron chi connectivity index (χ4n) is 2.37. The molecule has 0 unspecified atom stereocenters. The predicted molar refractivity (Wildman–Crippen MR) is 99.4 cm³/mol. The van der Waals surface area contributed by atoms with Gasteiger partial charge in [-0.2, -0.15) is 35.1 Å². The number of rotatable bonds is 7. The van der Waals surface area contributed by atoms with E-state index < -0.39 is 46.9 Å². The topological polar surface area (TPSA) is 58.2 Å². The predicted octanol–water partition coefficient (Wildman–Crippen LogP) is 5.42. The summed E-state index contributed by atoms with van der Waals surface area (Å²) in [5, 5.41) is 2.53. The number of halogens is 8. The van der Waals surface area contributed by atoms with Crippen LogP contribution in [0.25, 0.3) is 0 Å². The quantitative estimate of drug-likeness (QED) is 0.533. The van der Waals surface area contributed by atoms with Crippen molar-refractivity contribution in [2.75, 3.05) is 10.6 Å². The molecule has 2 amide bonds. The highest BCUT2D eigenvalue weighted by molar-refractivity contribution is 5.99. The molecule has 0 heterocycles. The van der Waals surface area contributed by atoms with Gasteiger partial charge in [0.15, 0.2) is 0 Å². The fraction of sp³-hybridized carbons (Fsp3) is 0.300. The molecule has 0 bridgehead atoms. The van der Waals surface area contributed by atoms with E-state index in [4.69, 9.17) is 0 Å². The molecule has 32 heavy (non-hydrogen) atoms. The Kier molecular flexibility index (Phi) is 6.58. The molecule has 2 N–H and O–H groups in total. The van der Waals surface area contributed by atoms with E-state index in [0.29, 0.717) is 11.1 Å². The molecule has 0 aliphatic carbocycles. The first-order valence-corrected chi connectivity index (χ1v) is 8.81. The first-order chi connectivity index (χ1) is 14.5. The van der Waals surface area contributed by atoms with Crippen LogP contribution in [-0.2, 0) is 9.59 Å². The summed E-state index contributed by atoms with van der Waals surface area (Å²) in [5.41, 5.74) is 0.239. The molecule has 0 saturated heterocycles. The Hall–Kier alpha value is -3.18. The van der Waals surface area contributed by atoms with Crippen LogP contribution in [0.2, 0.25) is 0 Å². The minimum absolute atomic E-state index is 0.469. The molecule has 2 rings (SSSR count). The number of carbonyl (C=O) groups excluding carboxylic acids is 2. The van der Waals surface area contributed by atoms with Crippen LogP contribution in [0.15, 0.2) is 48.5 Å². The zero-order chi connectivity index (χ0) is 24.5. The lowest BCUT2D eigenvalue weighted by Crippen LogP contribution is -2.67. The van der Waals surface area contributed by atoms with E-state index in [1.165, 1.54) is 34.9 Å². The number of hydrogen-bond donors (Lipinski definition) is 2. The molecular weight excluding hydrogens is 452 g/mol. The van der Waals surface area contributed by atoms with Gasteiger partial charge in [-0.05, 0) is 38.1 Å². The number of nitrogens with one attached hydrogen (secondary N) is 2. The Balaban J connectivity index is 2.30. The second kappa shape index (κ2) is 8.40. The number of alkyl halides is 8. The minimum atomic E-state index is -6.94. The van der Waals surface area contributed by atoms with Crippen molar-refractivity contribution in [2.45, 2.75) is 37.5 Å². The van der Waals surface area contributed by atoms with E-state index in [1.54, 1.807) is 13.8 Å². The van der Waals surface area contributed by atoms with Crippen LogP contribution in [0.3, 0.4) is 0 Å². The maximum atomic E-state index is 14.0. The van der Waals surface area contributed by atoms with Gasteiger partial charge in [0, 0.05) is 11.4 Å². The third-order valence-corrected chi connectivity index (χ3v) is 4.37. The summed E-state index contributed by atoms with van der Waals surface area (Å²) in [6.07, 6.45) is 0. The van der Waals surface area contributed by atoms with Gasteiger partial charge in [0.25, 0.3) is 0 Å². The van der Waals surface area contributed by atoms with Crippen molar-refractivity contribution >= 4 is 23.2 Å². The van der Waals surface area contributed by atoms with Gasteiger partial charge in [-0.25, -0.2) is 0 Å². The molecule has 0 atom stereocenters. The monoisotopic (exact) mass is 468 g/mol. The Morgan fingerprint density at radius 3 is 1.06 bits per heavy atom. The Bertz CT molecular complexity index is 908. The summed E-state index contributed by atoms with van der Waals surface area (Å²) in [4.78, 5) is 23.2. The van der Waals surface area contributed by atoms with Gasteiger partial charge in [0.1, 0.15) is 0 Å². The number of hydrogen-bond acceptors (Lipinski definition) is 2. The molecule has 0 aliphatic heterocycles. The average molecular weight is 468 g/mol. The van der Waals surface area contributed by atoms with E-state index in [0.717, 1.165) is 24.3 Å². The SMILES string of the molecule is Cc1ccc(NC(=O)C(F)(F)C(F)(F)C(F)(F)C(F)(F)C(=O)Nc2ccc(C)cc2)cc1. The van der Waals surface area contributed by atoms with Gasteiger partial charge in [-0.1, -0.05) is 35.4 Å². The molecular formula is C20H16F8N2O2. The van der Waals surface area contributed by atoms with Crippen LogP contribution < -0.4 is 10.6 Å². The highest BCUT2D eigenvalue weighted by Crippen LogP contribution is 2.53. The van der Waals surface area contributed by atoms with E-state index in [2.05, 4.69) is 0 Å². The van der Waals surface area contributed by atoms with Gasteiger partial charge in [-0.15, -0.1) is 0 Å². The number of carbonyl (C=O) groups is 2. The van der Waals surface area contributed by atoms with Crippen LogP contribution >= 0.6 is 0 Å². The van der Waals surface area contributed by atoms with E-state index in [1.807, 2.05) is 0 Å². The second-order valence-corrected chi connectivity index (χ2v) is 6.94. The zero-order valence-electron chi connectivity index (χ0n) is 16.5. The highest BCUT2D eigenvalue weighted by Gasteiger charge is 2.84. The van der Waals surface area contributed by atoms with Crippen LogP contribution in [0.1, 0.15) is 11.1 Å². The zero-order valence-corrected chi connectivity index (χ0v) is 16.5. The Labute approximate surface area is 176 Å². The molecule has 2 aromatic carbocycles. The van der Waals surface area contributed by atoms with Crippen molar-refractivity contribution in [3.8, 4) is 0 Å². The van der Waals surface area contributed by atoms with Crippen LogP contribution in [-0.4, -0.2) is 35.5 Å². The number of anilines is 2. The smallest absolute Gasteiger partial charge is 0.321 e. The summed E-state index contributed by atoms with van der Waals surface area (Å²) in [7, 11) is 0. The van der Waals surface area contributed by atoms with Crippen LogP contribution in [0.4, 0.5) is 46.5 Å². The van der Waals surface area contributed by atoms with Crippen molar-refractivity contribution in [2.24, 2.45) is 0 Å². The normalized spacial score (nSPS) is 12.9. The summed E-state index contributed by atoms with van der Waals surface area (Å²) >= 11 is 0.